The molecule has 0 atom stereocenters. The molecule has 0 radical (unpaired) electrons. The number of fused-ring (bicyclic) bond motifs is 1. The normalized spacial score (nSPS) is 14.2. The van der Waals surface area contributed by atoms with E-state index in [1.54, 1.807) is 35.7 Å². The van der Waals surface area contributed by atoms with Gasteiger partial charge in [0.15, 0.2) is 5.76 Å². The molecule has 2 aromatic carbocycles. The number of ether oxygens (including phenoxy) is 2. The second kappa shape index (κ2) is 6.57. The van der Waals surface area contributed by atoms with Gasteiger partial charge in [0, 0.05) is 6.07 Å². The molecule has 26 heavy (non-hydrogen) atoms. The molecule has 0 amide bonds. The van der Waals surface area contributed by atoms with Crippen LogP contribution in [0.5, 0.6) is 11.5 Å². The van der Waals surface area contributed by atoms with Crippen LogP contribution in [0.2, 0.25) is 0 Å². The molecule has 0 unspecified atom stereocenters. The van der Waals surface area contributed by atoms with Gasteiger partial charge in [-0.05, 0) is 47.4 Å². The minimum absolute atomic E-state index is 0.0901. The van der Waals surface area contributed by atoms with Crippen molar-refractivity contribution in [1.82, 2.24) is 0 Å². The second-order valence-corrected chi connectivity index (χ2v) is 6.47. The zero-order valence-electron chi connectivity index (χ0n) is 13.3. The van der Waals surface area contributed by atoms with Crippen LogP contribution in [-0.2, 0) is 0 Å². The zero-order chi connectivity index (χ0) is 18.1. The first kappa shape index (κ1) is 16.2. The van der Waals surface area contributed by atoms with E-state index in [0.29, 0.717) is 21.8 Å². The molecule has 128 valence electrons. The molecule has 6 heteroatoms. The summed E-state index contributed by atoms with van der Waals surface area (Å²) in [4.78, 5) is 24.9. The van der Waals surface area contributed by atoms with E-state index in [-0.39, 0.29) is 17.3 Å². The van der Waals surface area contributed by atoms with Gasteiger partial charge in [-0.2, -0.15) is 0 Å². The standard InChI is InChI=1S/C20H11FO4S/c21-13-4-1-3-12(9-13)10-17-19(22)15-7-6-14(11-16(15)25-17)24-20(23)18-5-2-8-26-18/h1-11H/b17-10+. The average Bonchev–Trinajstić information content (AvgIpc) is 3.24. The Bertz CT molecular complexity index is 1040. The van der Waals surface area contributed by atoms with Crippen molar-refractivity contribution in [2.75, 3.05) is 0 Å². The molecule has 0 saturated heterocycles. The highest BCUT2D eigenvalue weighted by atomic mass is 32.1. The highest BCUT2D eigenvalue weighted by Gasteiger charge is 2.28. The van der Waals surface area contributed by atoms with E-state index in [4.69, 9.17) is 9.47 Å². The van der Waals surface area contributed by atoms with E-state index >= 15 is 0 Å². The molecular weight excluding hydrogens is 355 g/mol. The summed E-state index contributed by atoms with van der Waals surface area (Å²) < 4.78 is 24.2. The third kappa shape index (κ3) is 3.14. The van der Waals surface area contributed by atoms with Gasteiger partial charge in [0.25, 0.3) is 0 Å². The van der Waals surface area contributed by atoms with Gasteiger partial charge >= 0.3 is 5.97 Å². The molecule has 2 heterocycles. The van der Waals surface area contributed by atoms with Crippen LogP contribution in [0, 0.1) is 5.82 Å². The van der Waals surface area contributed by atoms with Crippen LogP contribution in [0.1, 0.15) is 25.6 Å². The summed E-state index contributed by atoms with van der Waals surface area (Å²) in [6, 6.07) is 13.8. The summed E-state index contributed by atoms with van der Waals surface area (Å²) in [7, 11) is 0. The Morgan fingerprint density at radius 3 is 2.77 bits per heavy atom. The lowest BCUT2D eigenvalue weighted by atomic mass is 10.1. The summed E-state index contributed by atoms with van der Waals surface area (Å²) >= 11 is 1.28. The fourth-order valence-electron chi connectivity index (χ4n) is 2.53. The monoisotopic (exact) mass is 366 g/mol. The quantitative estimate of drug-likeness (QED) is 0.382. The van der Waals surface area contributed by atoms with Gasteiger partial charge in [-0.1, -0.05) is 18.2 Å². The SMILES string of the molecule is O=C(Oc1ccc2c(c1)O/C(=C/c1cccc(F)c1)C2=O)c1cccs1. The van der Waals surface area contributed by atoms with Crippen molar-refractivity contribution >= 4 is 29.2 Å². The number of thiophene rings is 1. The molecule has 0 aliphatic carbocycles. The molecule has 4 nitrogen and oxygen atoms in total. The van der Waals surface area contributed by atoms with Gasteiger partial charge in [0.05, 0.1) is 5.56 Å². The van der Waals surface area contributed by atoms with Crippen LogP contribution in [-0.4, -0.2) is 11.8 Å². The number of Topliss-reactive ketones (excluding diaryl/α,β-unsaturated/α-hetero) is 1. The average molecular weight is 366 g/mol. The number of hydrogen-bond acceptors (Lipinski definition) is 5. The van der Waals surface area contributed by atoms with Crippen molar-refractivity contribution in [2.45, 2.75) is 0 Å². The van der Waals surface area contributed by atoms with E-state index in [0.717, 1.165) is 0 Å². The van der Waals surface area contributed by atoms with Gasteiger partial charge in [-0.25, -0.2) is 9.18 Å². The Morgan fingerprint density at radius 2 is 2.00 bits per heavy atom. The molecule has 0 bridgehead atoms. The van der Waals surface area contributed by atoms with Gasteiger partial charge < -0.3 is 9.47 Å². The lowest BCUT2D eigenvalue weighted by Gasteiger charge is -2.04. The van der Waals surface area contributed by atoms with Crippen LogP contribution in [0.15, 0.2) is 65.7 Å². The predicted octanol–water partition coefficient (Wildman–Crippen LogP) is 4.72. The third-order valence-electron chi connectivity index (χ3n) is 3.72. The zero-order valence-corrected chi connectivity index (χ0v) is 14.1. The Labute approximate surface area is 152 Å². The second-order valence-electron chi connectivity index (χ2n) is 5.52. The number of carbonyl (C=O) groups is 2. The predicted molar refractivity (Wildman–Crippen MR) is 95.1 cm³/mol. The van der Waals surface area contributed by atoms with E-state index in [1.807, 2.05) is 0 Å². The molecular formula is C20H11FO4S. The number of halogens is 1. The first-order valence-electron chi connectivity index (χ1n) is 7.70. The van der Waals surface area contributed by atoms with Gasteiger partial charge in [-0.3, -0.25) is 4.79 Å². The highest BCUT2D eigenvalue weighted by molar-refractivity contribution is 7.12. The minimum atomic E-state index is -0.472. The van der Waals surface area contributed by atoms with Crippen LogP contribution in [0.4, 0.5) is 4.39 Å². The maximum absolute atomic E-state index is 13.3. The summed E-state index contributed by atoms with van der Waals surface area (Å²) in [5.74, 6) is -0.506. The summed E-state index contributed by atoms with van der Waals surface area (Å²) in [5, 5.41) is 1.78. The molecule has 0 saturated carbocycles. The Kier molecular flexibility index (Phi) is 4.10. The molecule has 1 aliphatic heterocycles. The topological polar surface area (TPSA) is 52.6 Å². The highest BCUT2D eigenvalue weighted by Crippen LogP contribution is 2.35. The minimum Gasteiger partial charge on any atom is -0.452 e. The van der Waals surface area contributed by atoms with Gasteiger partial charge in [0.2, 0.25) is 5.78 Å². The van der Waals surface area contributed by atoms with Crippen LogP contribution in [0.25, 0.3) is 6.08 Å². The Hall–Kier alpha value is -3.25. The number of ketones is 1. The number of esters is 1. The summed E-state index contributed by atoms with van der Waals surface area (Å²) in [6.45, 7) is 0. The largest absolute Gasteiger partial charge is 0.452 e. The maximum Gasteiger partial charge on any atom is 0.353 e. The summed E-state index contributed by atoms with van der Waals surface area (Å²) in [5.41, 5.74) is 0.883. The number of rotatable bonds is 3. The van der Waals surface area contributed by atoms with E-state index in [9.17, 15) is 14.0 Å². The van der Waals surface area contributed by atoms with E-state index in [2.05, 4.69) is 0 Å². The Balaban J connectivity index is 1.58. The first-order valence-corrected chi connectivity index (χ1v) is 8.58. The number of benzene rings is 2. The Morgan fingerprint density at radius 1 is 1.12 bits per heavy atom. The lowest BCUT2D eigenvalue weighted by Crippen LogP contribution is -2.06. The van der Waals surface area contributed by atoms with Gasteiger partial charge in [-0.15, -0.1) is 11.3 Å². The first-order chi connectivity index (χ1) is 12.6. The van der Waals surface area contributed by atoms with Crippen molar-refractivity contribution < 1.29 is 23.5 Å². The number of hydrogen-bond donors (Lipinski definition) is 0. The lowest BCUT2D eigenvalue weighted by molar-refractivity contribution is 0.0739. The fourth-order valence-corrected chi connectivity index (χ4v) is 3.13. The number of allylic oxidation sites excluding steroid dienone is 1. The molecule has 4 rings (SSSR count). The third-order valence-corrected chi connectivity index (χ3v) is 4.57. The van der Waals surface area contributed by atoms with Crippen molar-refractivity contribution in [1.29, 1.82) is 0 Å². The van der Waals surface area contributed by atoms with Crippen molar-refractivity contribution in [2.24, 2.45) is 0 Å². The van der Waals surface area contributed by atoms with Crippen LogP contribution in [0.3, 0.4) is 0 Å². The molecule has 0 fully saturated rings. The van der Waals surface area contributed by atoms with Crippen molar-refractivity contribution in [3.05, 3.63) is 87.6 Å². The number of carbonyl (C=O) groups excluding carboxylic acids is 2. The van der Waals surface area contributed by atoms with E-state index in [1.165, 1.54) is 41.7 Å². The molecule has 0 spiro atoms. The molecule has 0 N–H and O–H groups in total. The molecule has 3 aromatic rings. The summed E-state index contributed by atoms with van der Waals surface area (Å²) in [6.07, 6.45) is 1.47. The maximum atomic E-state index is 13.3. The smallest absolute Gasteiger partial charge is 0.353 e. The molecule has 1 aliphatic rings. The van der Waals surface area contributed by atoms with Crippen molar-refractivity contribution in [3.63, 3.8) is 0 Å². The van der Waals surface area contributed by atoms with Gasteiger partial charge in [0.1, 0.15) is 22.2 Å². The van der Waals surface area contributed by atoms with Crippen LogP contribution < -0.4 is 9.47 Å². The fraction of sp³-hybridized carbons (Fsp3) is 0. The van der Waals surface area contributed by atoms with Crippen molar-refractivity contribution in [3.8, 4) is 11.5 Å². The van der Waals surface area contributed by atoms with Crippen LogP contribution >= 0.6 is 11.3 Å². The van der Waals surface area contributed by atoms with E-state index < -0.39 is 11.8 Å². The molecule has 1 aromatic heterocycles.